The molecule has 0 saturated carbocycles. The fourth-order valence-electron chi connectivity index (χ4n) is 3.05. The number of nitrogens with two attached hydrogens (primary N) is 1. The molecule has 4 aromatic rings. The number of halogens is 2. The highest BCUT2D eigenvalue weighted by atomic mass is 19.1. The summed E-state index contributed by atoms with van der Waals surface area (Å²) in [5.41, 5.74) is 8.12. The number of H-pyrrole nitrogens is 1. The molecule has 0 radical (unpaired) electrons. The minimum absolute atomic E-state index is 0.00520. The number of primary amides is 1. The highest BCUT2D eigenvalue weighted by molar-refractivity contribution is 6.04. The number of amides is 1. The molecule has 0 unspecified atom stereocenters. The Labute approximate surface area is 158 Å². The van der Waals surface area contributed by atoms with Crippen molar-refractivity contribution < 1.29 is 18.3 Å². The quantitative estimate of drug-likeness (QED) is 0.546. The van der Waals surface area contributed by atoms with Gasteiger partial charge in [0.2, 0.25) is 5.91 Å². The Bertz CT molecular complexity index is 1170. The molecule has 0 atom stereocenters. The number of fused-ring (bicyclic) bond motifs is 1. The van der Waals surface area contributed by atoms with E-state index in [1.807, 2.05) is 0 Å². The van der Waals surface area contributed by atoms with E-state index < -0.39 is 17.5 Å². The molecule has 0 aliphatic heterocycles. The first kappa shape index (κ1) is 17.7. The molecule has 28 heavy (non-hydrogen) atoms. The molecule has 3 N–H and O–H groups in total. The number of hydrogen-bond acceptors (Lipinski definition) is 3. The summed E-state index contributed by atoms with van der Waals surface area (Å²) in [4.78, 5) is 11.7. The summed E-state index contributed by atoms with van der Waals surface area (Å²) in [5, 5.41) is 7.95. The molecule has 4 rings (SSSR count). The number of hydrogen-bond donors (Lipinski definition) is 2. The van der Waals surface area contributed by atoms with Gasteiger partial charge in [0.25, 0.3) is 0 Å². The standard InChI is InChI=1S/C21H15F2N3O2/c22-13-7-12(8-14(23)9-13)11-28-15-5-6-19-18(10-15)20(26-25-19)16-3-1-2-4-17(16)21(24)27/h1-10H,11H2,(H2,24,27)(H,25,26). The second-order valence-electron chi connectivity index (χ2n) is 6.26. The van der Waals surface area contributed by atoms with Gasteiger partial charge in [0.05, 0.1) is 5.52 Å². The Hall–Kier alpha value is -3.74. The highest BCUT2D eigenvalue weighted by Crippen LogP contribution is 2.31. The molecule has 0 fully saturated rings. The maximum atomic E-state index is 13.3. The molecule has 0 aliphatic rings. The van der Waals surface area contributed by atoms with E-state index in [2.05, 4.69) is 10.2 Å². The summed E-state index contributed by atoms with van der Waals surface area (Å²) in [6, 6.07) is 15.4. The zero-order chi connectivity index (χ0) is 19.7. The number of nitrogens with zero attached hydrogens (tertiary/aromatic N) is 1. The third kappa shape index (κ3) is 3.42. The van der Waals surface area contributed by atoms with Gasteiger partial charge in [-0.15, -0.1) is 0 Å². The first-order chi connectivity index (χ1) is 13.5. The molecular formula is C21H15F2N3O2. The number of aromatic nitrogens is 2. The summed E-state index contributed by atoms with van der Waals surface area (Å²) < 4.78 is 32.3. The molecule has 7 heteroatoms. The van der Waals surface area contributed by atoms with E-state index >= 15 is 0 Å². The van der Waals surface area contributed by atoms with Crippen molar-refractivity contribution in [2.75, 3.05) is 0 Å². The van der Waals surface area contributed by atoms with Crippen molar-refractivity contribution in [3.8, 4) is 17.0 Å². The zero-order valence-electron chi connectivity index (χ0n) is 14.6. The summed E-state index contributed by atoms with van der Waals surface area (Å²) in [5.74, 6) is -1.37. The Balaban J connectivity index is 1.68. The molecule has 140 valence electrons. The zero-order valence-corrected chi connectivity index (χ0v) is 14.6. The van der Waals surface area contributed by atoms with Crippen LogP contribution in [0.2, 0.25) is 0 Å². The van der Waals surface area contributed by atoms with Gasteiger partial charge in [-0.05, 0) is 42.0 Å². The van der Waals surface area contributed by atoms with Crippen molar-refractivity contribution in [2.45, 2.75) is 6.61 Å². The third-order valence-corrected chi connectivity index (χ3v) is 4.31. The minimum atomic E-state index is -0.658. The summed E-state index contributed by atoms with van der Waals surface area (Å²) in [6.45, 7) is 0.00520. The fourth-order valence-corrected chi connectivity index (χ4v) is 3.05. The maximum absolute atomic E-state index is 13.3. The van der Waals surface area contributed by atoms with Gasteiger partial charge in [-0.3, -0.25) is 9.89 Å². The lowest BCUT2D eigenvalue weighted by molar-refractivity contribution is 0.100. The fraction of sp³-hybridized carbons (Fsp3) is 0.0476. The van der Waals surface area contributed by atoms with E-state index in [0.717, 1.165) is 17.0 Å². The Morgan fingerprint density at radius 2 is 1.79 bits per heavy atom. The van der Waals surface area contributed by atoms with Gasteiger partial charge >= 0.3 is 0 Å². The lowest BCUT2D eigenvalue weighted by Crippen LogP contribution is -2.12. The van der Waals surface area contributed by atoms with E-state index in [1.165, 1.54) is 12.1 Å². The average Bonchev–Trinajstić information content (AvgIpc) is 3.08. The van der Waals surface area contributed by atoms with Gasteiger partial charge in [0, 0.05) is 22.6 Å². The lowest BCUT2D eigenvalue weighted by atomic mass is 10.0. The van der Waals surface area contributed by atoms with E-state index in [9.17, 15) is 13.6 Å². The van der Waals surface area contributed by atoms with Crippen LogP contribution in [0.3, 0.4) is 0 Å². The van der Waals surface area contributed by atoms with Crippen LogP contribution in [0.25, 0.3) is 22.2 Å². The van der Waals surface area contributed by atoms with Crippen LogP contribution in [-0.2, 0) is 6.61 Å². The van der Waals surface area contributed by atoms with Crippen molar-refractivity contribution in [2.24, 2.45) is 5.73 Å². The van der Waals surface area contributed by atoms with Crippen molar-refractivity contribution in [1.82, 2.24) is 10.2 Å². The topological polar surface area (TPSA) is 81.0 Å². The molecule has 3 aromatic carbocycles. The summed E-state index contributed by atoms with van der Waals surface area (Å²) in [7, 11) is 0. The van der Waals surface area contributed by atoms with Crippen LogP contribution in [0.4, 0.5) is 8.78 Å². The molecule has 1 amide bonds. The van der Waals surface area contributed by atoms with E-state index in [4.69, 9.17) is 10.5 Å². The van der Waals surface area contributed by atoms with E-state index in [0.29, 0.717) is 28.1 Å². The van der Waals surface area contributed by atoms with Crippen LogP contribution in [0.15, 0.2) is 60.7 Å². The second kappa shape index (κ2) is 7.11. The maximum Gasteiger partial charge on any atom is 0.249 e. The molecule has 0 saturated heterocycles. The van der Waals surface area contributed by atoms with Gasteiger partial charge in [-0.25, -0.2) is 8.78 Å². The predicted molar refractivity (Wildman–Crippen MR) is 101 cm³/mol. The van der Waals surface area contributed by atoms with Crippen molar-refractivity contribution in [1.29, 1.82) is 0 Å². The SMILES string of the molecule is NC(=O)c1ccccc1-c1n[nH]c2ccc(OCc3cc(F)cc(F)c3)cc12. The van der Waals surface area contributed by atoms with E-state index in [1.54, 1.807) is 42.5 Å². The Kier molecular flexibility index (Phi) is 4.49. The first-order valence-corrected chi connectivity index (χ1v) is 8.46. The van der Waals surface area contributed by atoms with Gasteiger partial charge < -0.3 is 10.5 Å². The molecule has 0 bridgehead atoms. The monoisotopic (exact) mass is 379 g/mol. The van der Waals surface area contributed by atoms with Crippen LogP contribution in [0.1, 0.15) is 15.9 Å². The number of nitrogens with one attached hydrogen (secondary N) is 1. The second-order valence-corrected chi connectivity index (χ2v) is 6.26. The van der Waals surface area contributed by atoms with Crippen LogP contribution in [-0.4, -0.2) is 16.1 Å². The number of benzene rings is 3. The van der Waals surface area contributed by atoms with Crippen molar-refractivity contribution in [3.05, 3.63) is 83.4 Å². The number of carbonyl (C=O) groups is 1. The molecule has 1 aromatic heterocycles. The molecule has 1 heterocycles. The van der Waals surface area contributed by atoms with E-state index in [-0.39, 0.29) is 6.61 Å². The largest absolute Gasteiger partial charge is 0.489 e. The molecule has 5 nitrogen and oxygen atoms in total. The normalized spacial score (nSPS) is 10.9. The molecule has 0 aliphatic carbocycles. The highest BCUT2D eigenvalue weighted by Gasteiger charge is 2.15. The number of ether oxygens (including phenoxy) is 1. The van der Waals surface area contributed by atoms with Crippen LogP contribution in [0, 0.1) is 11.6 Å². The molecule has 0 spiro atoms. The Morgan fingerprint density at radius 3 is 2.54 bits per heavy atom. The number of carbonyl (C=O) groups excluding carboxylic acids is 1. The first-order valence-electron chi connectivity index (χ1n) is 8.46. The summed E-state index contributed by atoms with van der Waals surface area (Å²) in [6.07, 6.45) is 0. The molecular weight excluding hydrogens is 364 g/mol. The van der Waals surface area contributed by atoms with Gasteiger partial charge in [-0.1, -0.05) is 18.2 Å². The van der Waals surface area contributed by atoms with Crippen LogP contribution in [0.5, 0.6) is 5.75 Å². The lowest BCUT2D eigenvalue weighted by Gasteiger charge is -2.08. The average molecular weight is 379 g/mol. The Morgan fingerprint density at radius 1 is 1.04 bits per heavy atom. The summed E-state index contributed by atoms with van der Waals surface area (Å²) >= 11 is 0. The minimum Gasteiger partial charge on any atom is -0.489 e. The number of aromatic amines is 1. The van der Waals surface area contributed by atoms with Crippen molar-refractivity contribution in [3.63, 3.8) is 0 Å². The smallest absolute Gasteiger partial charge is 0.249 e. The number of rotatable bonds is 5. The van der Waals surface area contributed by atoms with Gasteiger partial charge in [0.1, 0.15) is 29.7 Å². The van der Waals surface area contributed by atoms with Gasteiger partial charge in [-0.2, -0.15) is 5.10 Å². The van der Waals surface area contributed by atoms with Gasteiger partial charge in [0.15, 0.2) is 0 Å². The predicted octanol–water partition coefficient (Wildman–Crippen LogP) is 4.19. The third-order valence-electron chi connectivity index (χ3n) is 4.31. The van der Waals surface area contributed by atoms with Crippen LogP contribution >= 0.6 is 0 Å². The van der Waals surface area contributed by atoms with Crippen molar-refractivity contribution >= 4 is 16.8 Å². The van der Waals surface area contributed by atoms with Crippen LogP contribution < -0.4 is 10.5 Å².